The third kappa shape index (κ3) is 3.76. The van der Waals surface area contributed by atoms with Gasteiger partial charge in [0.05, 0.1) is 18.3 Å². The zero-order chi connectivity index (χ0) is 23.4. The monoisotopic (exact) mass is 448 g/mol. The van der Waals surface area contributed by atoms with Crippen molar-refractivity contribution in [3.63, 3.8) is 0 Å². The summed E-state index contributed by atoms with van der Waals surface area (Å²) >= 11 is 0. The van der Waals surface area contributed by atoms with Crippen molar-refractivity contribution in [1.82, 2.24) is 0 Å². The van der Waals surface area contributed by atoms with E-state index in [0.717, 1.165) is 57.8 Å². The Labute approximate surface area is 193 Å². The van der Waals surface area contributed by atoms with Gasteiger partial charge in [-0.1, -0.05) is 26.8 Å². The zero-order valence-corrected chi connectivity index (χ0v) is 20.3. The standard InChI is InChI=1S/C27H44O5/c1-15(6-5-7-16(2)25(31)32)19-8-9-20-24-21(14-23(30)27(19,20)4)26(3)11-10-18(28)12-17(26)13-22(24)29/h7,15,17-24,28-30H,5-6,8-14H2,1-4H3,(H,31,32)/t15-,17+,18-,19-,20+,21+,22-,23+,24+,26+,27-/m1/s1. The molecule has 11 atom stereocenters. The number of hydrogen-bond acceptors (Lipinski definition) is 4. The molecular formula is C27H44O5. The Morgan fingerprint density at radius 3 is 2.47 bits per heavy atom. The van der Waals surface area contributed by atoms with Crippen molar-refractivity contribution >= 4 is 5.97 Å². The van der Waals surface area contributed by atoms with Gasteiger partial charge in [0.15, 0.2) is 0 Å². The summed E-state index contributed by atoms with van der Waals surface area (Å²) in [4.78, 5) is 11.1. The van der Waals surface area contributed by atoms with Gasteiger partial charge >= 0.3 is 5.97 Å². The normalized spacial score (nSPS) is 49.7. The Kier molecular flexibility index (Phi) is 6.59. The molecule has 4 rings (SSSR count). The topological polar surface area (TPSA) is 98.0 Å². The van der Waals surface area contributed by atoms with Crippen LogP contribution in [-0.4, -0.2) is 44.7 Å². The highest BCUT2D eigenvalue weighted by molar-refractivity contribution is 5.85. The van der Waals surface area contributed by atoms with Gasteiger partial charge in [0.25, 0.3) is 0 Å². The molecule has 0 heterocycles. The van der Waals surface area contributed by atoms with Crippen molar-refractivity contribution in [2.75, 3.05) is 0 Å². The second-order valence-electron chi connectivity index (χ2n) is 12.3. The number of fused-ring (bicyclic) bond motifs is 5. The van der Waals surface area contributed by atoms with E-state index in [0.29, 0.717) is 35.2 Å². The number of hydrogen-bond donors (Lipinski definition) is 4. The maximum absolute atomic E-state index is 11.6. The fourth-order valence-electron chi connectivity index (χ4n) is 8.98. The maximum Gasteiger partial charge on any atom is 0.330 e. The lowest BCUT2D eigenvalue weighted by Crippen LogP contribution is -2.62. The molecule has 0 radical (unpaired) electrons. The molecule has 32 heavy (non-hydrogen) atoms. The van der Waals surface area contributed by atoms with E-state index in [-0.39, 0.29) is 35.1 Å². The molecule has 4 aliphatic rings. The molecule has 0 amide bonds. The predicted octanol–water partition coefficient (Wildman–Crippen LogP) is 4.40. The van der Waals surface area contributed by atoms with E-state index in [2.05, 4.69) is 20.8 Å². The second-order valence-corrected chi connectivity index (χ2v) is 12.3. The maximum atomic E-state index is 11.6. The highest BCUT2D eigenvalue weighted by Crippen LogP contribution is 2.68. The van der Waals surface area contributed by atoms with Crippen LogP contribution in [0.4, 0.5) is 0 Å². The van der Waals surface area contributed by atoms with Crippen molar-refractivity contribution in [2.24, 2.45) is 46.3 Å². The number of aliphatic hydroxyl groups excluding tert-OH is 3. The molecule has 0 unspecified atom stereocenters. The molecule has 5 nitrogen and oxygen atoms in total. The second kappa shape index (κ2) is 8.70. The SMILES string of the molecule is CC(=CCC[C@@H](C)[C@H]1CC[C@H]2[C@@H]3[C@H](O)C[C@@H]4C[C@H](O)CC[C@]4(C)[C@H]3C[C@H](O)[C@]12C)C(=O)O. The summed E-state index contributed by atoms with van der Waals surface area (Å²) in [5.74, 6) is 1.20. The molecule has 4 aliphatic carbocycles. The smallest absolute Gasteiger partial charge is 0.330 e. The van der Waals surface area contributed by atoms with Crippen molar-refractivity contribution in [3.8, 4) is 0 Å². The van der Waals surface area contributed by atoms with Crippen molar-refractivity contribution < 1.29 is 25.2 Å². The summed E-state index contributed by atoms with van der Waals surface area (Å²) in [5.41, 5.74) is 0.317. The summed E-state index contributed by atoms with van der Waals surface area (Å²) in [7, 11) is 0. The van der Waals surface area contributed by atoms with Gasteiger partial charge in [0.2, 0.25) is 0 Å². The first-order valence-electron chi connectivity index (χ1n) is 12.9. The minimum absolute atomic E-state index is 0.105. The number of aliphatic carboxylic acids is 1. The van der Waals surface area contributed by atoms with Gasteiger partial charge in [0, 0.05) is 5.57 Å². The molecule has 0 aliphatic heterocycles. The van der Waals surface area contributed by atoms with Gasteiger partial charge in [-0.25, -0.2) is 4.79 Å². The molecule has 0 aromatic rings. The third-order valence-electron chi connectivity index (χ3n) is 10.9. The van der Waals surface area contributed by atoms with E-state index < -0.39 is 5.97 Å². The minimum Gasteiger partial charge on any atom is -0.478 e. The molecule has 5 heteroatoms. The number of rotatable bonds is 5. The van der Waals surface area contributed by atoms with Crippen LogP contribution >= 0.6 is 0 Å². The van der Waals surface area contributed by atoms with Crippen LogP contribution in [0, 0.1) is 46.3 Å². The number of carboxylic acids is 1. The molecule has 0 aromatic carbocycles. The van der Waals surface area contributed by atoms with Gasteiger partial charge in [-0.3, -0.25) is 0 Å². The van der Waals surface area contributed by atoms with Gasteiger partial charge in [-0.05, 0) is 111 Å². The number of carbonyl (C=O) groups is 1. The van der Waals surface area contributed by atoms with E-state index in [1.165, 1.54) is 0 Å². The molecule has 4 saturated carbocycles. The summed E-state index contributed by atoms with van der Waals surface area (Å²) in [6, 6.07) is 0. The van der Waals surface area contributed by atoms with E-state index in [1.54, 1.807) is 6.92 Å². The molecule has 4 N–H and O–H groups in total. The van der Waals surface area contributed by atoms with E-state index in [9.17, 15) is 20.1 Å². The number of aliphatic hydroxyl groups is 3. The van der Waals surface area contributed by atoms with Crippen LogP contribution in [0.5, 0.6) is 0 Å². The summed E-state index contributed by atoms with van der Waals surface area (Å²) < 4.78 is 0. The largest absolute Gasteiger partial charge is 0.478 e. The van der Waals surface area contributed by atoms with Crippen molar-refractivity contribution in [2.45, 2.75) is 104 Å². The molecule has 0 spiro atoms. The fraction of sp³-hybridized carbons (Fsp3) is 0.889. The van der Waals surface area contributed by atoms with Gasteiger partial charge in [-0.15, -0.1) is 0 Å². The van der Waals surface area contributed by atoms with Crippen molar-refractivity contribution in [3.05, 3.63) is 11.6 Å². The van der Waals surface area contributed by atoms with Crippen molar-refractivity contribution in [1.29, 1.82) is 0 Å². The van der Waals surface area contributed by atoms with Gasteiger partial charge in [0.1, 0.15) is 0 Å². The molecule has 0 bridgehead atoms. The van der Waals surface area contributed by atoms with Gasteiger partial charge < -0.3 is 20.4 Å². The van der Waals surface area contributed by atoms with E-state index in [4.69, 9.17) is 5.11 Å². The summed E-state index contributed by atoms with van der Waals surface area (Å²) in [6.07, 6.45) is 8.88. The number of allylic oxidation sites excluding steroid dienone is 1. The summed E-state index contributed by atoms with van der Waals surface area (Å²) in [6.45, 7) is 8.55. The third-order valence-corrected chi connectivity index (χ3v) is 10.9. The molecule has 182 valence electrons. The minimum atomic E-state index is -0.854. The van der Waals surface area contributed by atoms with Crippen LogP contribution in [0.2, 0.25) is 0 Å². The average Bonchev–Trinajstić information content (AvgIpc) is 3.08. The Morgan fingerprint density at radius 1 is 1.06 bits per heavy atom. The van der Waals surface area contributed by atoms with Crippen LogP contribution in [-0.2, 0) is 4.79 Å². The van der Waals surface area contributed by atoms with Crippen LogP contribution in [0.1, 0.15) is 85.5 Å². The van der Waals surface area contributed by atoms with E-state index >= 15 is 0 Å². The Balaban J connectivity index is 1.54. The van der Waals surface area contributed by atoms with Gasteiger partial charge in [-0.2, -0.15) is 0 Å². The Bertz CT molecular complexity index is 748. The van der Waals surface area contributed by atoms with Crippen LogP contribution in [0.25, 0.3) is 0 Å². The molecule has 0 saturated heterocycles. The first-order chi connectivity index (χ1) is 15.0. The first-order valence-corrected chi connectivity index (χ1v) is 12.9. The molecular weight excluding hydrogens is 404 g/mol. The van der Waals surface area contributed by atoms with E-state index in [1.807, 2.05) is 6.08 Å². The summed E-state index contributed by atoms with van der Waals surface area (Å²) in [5, 5.41) is 42.3. The zero-order valence-electron chi connectivity index (χ0n) is 20.3. The Morgan fingerprint density at radius 2 is 1.78 bits per heavy atom. The molecule has 4 fully saturated rings. The average molecular weight is 449 g/mol. The van der Waals surface area contributed by atoms with Crippen LogP contribution in [0.15, 0.2) is 11.6 Å². The Hall–Kier alpha value is -0.910. The number of carboxylic acid groups (broad SMARTS) is 1. The lowest BCUT2D eigenvalue weighted by Gasteiger charge is -2.63. The lowest BCUT2D eigenvalue weighted by atomic mass is 9.43. The highest BCUT2D eigenvalue weighted by Gasteiger charge is 2.65. The predicted molar refractivity (Wildman–Crippen MR) is 124 cm³/mol. The molecule has 0 aromatic heterocycles. The fourth-order valence-corrected chi connectivity index (χ4v) is 8.98. The highest BCUT2D eigenvalue weighted by atomic mass is 16.4. The van der Waals surface area contributed by atoms with Crippen LogP contribution in [0.3, 0.4) is 0 Å². The van der Waals surface area contributed by atoms with Crippen LogP contribution < -0.4 is 0 Å². The lowest BCUT2D eigenvalue weighted by molar-refractivity contribution is -0.207. The quantitative estimate of drug-likeness (QED) is 0.468. The first kappa shape index (κ1) is 24.2.